The molecule has 0 bridgehead atoms. The first-order valence-electron chi connectivity index (χ1n) is 10.8. The fourth-order valence-corrected chi connectivity index (χ4v) is 4.22. The third kappa shape index (κ3) is 4.17. The molecule has 168 valence electrons. The van der Waals surface area contributed by atoms with Crippen molar-refractivity contribution >= 4 is 23.1 Å². The Kier molecular flexibility index (Phi) is 5.86. The Labute approximate surface area is 187 Å². The van der Waals surface area contributed by atoms with E-state index in [1.165, 1.54) is 12.1 Å². The number of halogens is 1. The molecule has 1 amide bonds. The monoisotopic (exact) mass is 436 g/mol. The van der Waals surface area contributed by atoms with Crippen LogP contribution < -0.4 is 15.5 Å². The summed E-state index contributed by atoms with van der Waals surface area (Å²) >= 11 is 0. The molecule has 2 aromatic heterocycles. The summed E-state index contributed by atoms with van der Waals surface area (Å²) in [5, 5.41) is 10.9. The molecule has 0 spiro atoms. The Morgan fingerprint density at radius 3 is 2.62 bits per heavy atom. The Balaban J connectivity index is 1.49. The molecular formula is C24H29FN6O. The Hall–Kier alpha value is -3.42. The molecule has 2 N–H and O–H groups in total. The number of nitrogens with one attached hydrogen (secondary N) is 2. The molecular weight excluding hydrogens is 407 g/mol. The van der Waals surface area contributed by atoms with E-state index in [2.05, 4.69) is 20.7 Å². The lowest BCUT2D eigenvalue weighted by Crippen LogP contribution is -2.49. The van der Waals surface area contributed by atoms with Crippen LogP contribution in [0.25, 0.3) is 0 Å². The number of hydrogen-bond acceptors (Lipinski definition) is 5. The predicted molar refractivity (Wildman–Crippen MR) is 124 cm³/mol. The van der Waals surface area contributed by atoms with Crippen molar-refractivity contribution in [2.75, 3.05) is 22.6 Å². The third-order valence-corrected chi connectivity index (χ3v) is 6.00. The first-order valence-corrected chi connectivity index (χ1v) is 10.8. The summed E-state index contributed by atoms with van der Waals surface area (Å²) < 4.78 is 15.1. The normalized spacial score (nSPS) is 16.7. The maximum atomic E-state index is 13.2. The van der Waals surface area contributed by atoms with E-state index in [1.807, 2.05) is 62.8 Å². The standard InChI is InChI=1S/C24H29FN6O/c1-14(2)23-24(32)29-22-15(3)28-21(10-20(22)30(23)5)26-11-17-12-27-31(13-17)16(4)18-6-8-19(25)9-7-18/h6-10,12-14,16,23H,11H2,1-5H3,(H,26,28)(H,29,32). The van der Waals surface area contributed by atoms with Gasteiger partial charge in [0.15, 0.2) is 0 Å². The van der Waals surface area contributed by atoms with Crippen LogP contribution in [0.1, 0.15) is 43.6 Å². The van der Waals surface area contributed by atoms with E-state index in [9.17, 15) is 9.18 Å². The van der Waals surface area contributed by atoms with Crippen molar-refractivity contribution in [1.82, 2.24) is 14.8 Å². The number of nitrogens with zero attached hydrogens (tertiary/aromatic N) is 4. The van der Waals surface area contributed by atoms with E-state index in [-0.39, 0.29) is 29.7 Å². The molecule has 2 atom stereocenters. The summed E-state index contributed by atoms with van der Waals surface area (Å²) in [5.74, 6) is 0.686. The van der Waals surface area contributed by atoms with Gasteiger partial charge in [0, 0.05) is 31.4 Å². The summed E-state index contributed by atoms with van der Waals surface area (Å²) in [4.78, 5) is 19.2. The van der Waals surface area contributed by atoms with Gasteiger partial charge in [-0.1, -0.05) is 26.0 Å². The van der Waals surface area contributed by atoms with Gasteiger partial charge < -0.3 is 15.5 Å². The number of amides is 1. The number of aryl methyl sites for hydroxylation is 1. The van der Waals surface area contributed by atoms with Gasteiger partial charge in [-0.15, -0.1) is 0 Å². The summed E-state index contributed by atoms with van der Waals surface area (Å²) in [7, 11) is 1.95. The highest BCUT2D eigenvalue weighted by Gasteiger charge is 2.34. The van der Waals surface area contributed by atoms with Crippen molar-refractivity contribution < 1.29 is 9.18 Å². The van der Waals surface area contributed by atoms with Gasteiger partial charge in [-0.25, -0.2) is 9.37 Å². The molecule has 3 heterocycles. The topological polar surface area (TPSA) is 75.1 Å². The minimum Gasteiger partial charge on any atom is -0.366 e. The number of pyridine rings is 1. The molecule has 0 saturated heterocycles. The van der Waals surface area contributed by atoms with Gasteiger partial charge in [0.25, 0.3) is 0 Å². The van der Waals surface area contributed by atoms with Crippen LogP contribution in [-0.4, -0.2) is 33.8 Å². The zero-order chi connectivity index (χ0) is 23.0. The number of benzene rings is 1. The lowest BCUT2D eigenvalue weighted by Gasteiger charge is -2.38. The SMILES string of the molecule is Cc1nc(NCc2cnn(C(C)c3ccc(F)cc3)c2)cc2c1NC(=O)C(C(C)C)N2C. The number of hydrogen-bond donors (Lipinski definition) is 2. The second-order valence-corrected chi connectivity index (χ2v) is 8.69. The summed E-state index contributed by atoms with van der Waals surface area (Å²) in [5.41, 5.74) is 4.50. The summed E-state index contributed by atoms with van der Waals surface area (Å²) in [6.07, 6.45) is 3.80. The molecule has 8 heteroatoms. The van der Waals surface area contributed by atoms with Gasteiger partial charge in [-0.3, -0.25) is 9.48 Å². The molecule has 1 aliphatic rings. The molecule has 7 nitrogen and oxygen atoms in total. The maximum Gasteiger partial charge on any atom is 0.247 e. The summed E-state index contributed by atoms with van der Waals surface area (Å²) in [6.45, 7) is 8.58. The average Bonchev–Trinajstić information content (AvgIpc) is 3.22. The molecule has 3 aromatic rings. The van der Waals surface area contributed by atoms with Gasteiger partial charge in [0.1, 0.15) is 17.7 Å². The van der Waals surface area contributed by atoms with E-state index in [0.29, 0.717) is 6.54 Å². The molecule has 4 rings (SSSR count). The summed E-state index contributed by atoms with van der Waals surface area (Å²) in [6, 6.07) is 8.24. The second kappa shape index (κ2) is 8.61. The van der Waals surface area contributed by atoms with Gasteiger partial charge in [-0.2, -0.15) is 5.10 Å². The zero-order valence-electron chi connectivity index (χ0n) is 19.1. The van der Waals surface area contributed by atoms with Crippen molar-refractivity contribution in [3.05, 3.63) is 65.4 Å². The zero-order valence-corrected chi connectivity index (χ0v) is 19.1. The molecule has 2 unspecified atom stereocenters. The van der Waals surface area contributed by atoms with Gasteiger partial charge >= 0.3 is 0 Å². The van der Waals surface area contributed by atoms with Crippen molar-refractivity contribution in [3.63, 3.8) is 0 Å². The molecule has 1 aromatic carbocycles. The van der Waals surface area contributed by atoms with Crippen LogP contribution in [0.5, 0.6) is 0 Å². The third-order valence-electron chi connectivity index (χ3n) is 6.00. The Morgan fingerprint density at radius 2 is 1.94 bits per heavy atom. The highest BCUT2D eigenvalue weighted by molar-refractivity contribution is 6.04. The van der Waals surface area contributed by atoms with Crippen LogP contribution in [-0.2, 0) is 11.3 Å². The maximum absolute atomic E-state index is 13.2. The molecule has 0 aliphatic carbocycles. The lowest BCUT2D eigenvalue weighted by atomic mass is 9.98. The van der Waals surface area contributed by atoms with E-state index in [0.717, 1.165) is 34.0 Å². The van der Waals surface area contributed by atoms with Gasteiger partial charge in [0.2, 0.25) is 5.91 Å². The number of aromatic nitrogens is 3. The first-order chi connectivity index (χ1) is 15.2. The van der Waals surface area contributed by atoms with Gasteiger partial charge in [0.05, 0.1) is 29.3 Å². The van der Waals surface area contributed by atoms with E-state index < -0.39 is 0 Å². The largest absolute Gasteiger partial charge is 0.366 e. The van der Waals surface area contributed by atoms with Crippen molar-refractivity contribution in [2.45, 2.75) is 46.3 Å². The lowest BCUT2D eigenvalue weighted by molar-refractivity contribution is -0.118. The number of fused-ring (bicyclic) bond motifs is 1. The van der Waals surface area contributed by atoms with Crippen LogP contribution >= 0.6 is 0 Å². The number of likely N-dealkylation sites (N-methyl/N-ethyl adjacent to an activating group) is 1. The van der Waals surface area contributed by atoms with Crippen LogP contribution in [0.3, 0.4) is 0 Å². The van der Waals surface area contributed by atoms with Crippen LogP contribution in [0, 0.1) is 18.7 Å². The number of carbonyl (C=O) groups is 1. The number of rotatable bonds is 6. The Bertz CT molecular complexity index is 1120. The smallest absolute Gasteiger partial charge is 0.247 e. The molecule has 32 heavy (non-hydrogen) atoms. The fourth-order valence-electron chi connectivity index (χ4n) is 4.22. The second-order valence-electron chi connectivity index (χ2n) is 8.69. The molecule has 0 radical (unpaired) electrons. The fraction of sp³-hybridized carbons (Fsp3) is 0.375. The molecule has 1 aliphatic heterocycles. The molecule has 0 saturated carbocycles. The number of carbonyl (C=O) groups excluding carboxylic acids is 1. The minimum absolute atomic E-state index is 0.00121. The number of anilines is 3. The highest BCUT2D eigenvalue weighted by Crippen LogP contribution is 2.36. The Morgan fingerprint density at radius 1 is 1.22 bits per heavy atom. The average molecular weight is 437 g/mol. The van der Waals surface area contributed by atoms with Crippen molar-refractivity contribution in [1.29, 1.82) is 0 Å². The van der Waals surface area contributed by atoms with Crippen LogP contribution in [0.4, 0.5) is 21.6 Å². The van der Waals surface area contributed by atoms with Crippen LogP contribution in [0.15, 0.2) is 42.7 Å². The van der Waals surface area contributed by atoms with Crippen molar-refractivity contribution in [2.24, 2.45) is 5.92 Å². The van der Waals surface area contributed by atoms with E-state index in [1.54, 1.807) is 12.1 Å². The van der Waals surface area contributed by atoms with E-state index >= 15 is 0 Å². The van der Waals surface area contributed by atoms with Crippen LogP contribution in [0.2, 0.25) is 0 Å². The highest BCUT2D eigenvalue weighted by atomic mass is 19.1. The molecule has 0 fully saturated rings. The first kappa shape index (κ1) is 21.8. The predicted octanol–water partition coefficient (Wildman–Crippen LogP) is 4.36. The minimum atomic E-state index is -0.246. The van der Waals surface area contributed by atoms with E-state index in [4.69, 9.17) is 0 Å². The van der Waals surface area contributed by atoms with Crippen molar-refractivity contribution in [3.8, 4) is 0 Å². The quantitative estimate of drug-likeness (QED) is 0.601. The van der Waals surface area contributed by atoms with Gasteiger partial charge in [-0.05, 0) is 37.5 Å².